The van der Waals surface area contributed by atoms with Crippen LogP contribution in [0.5, 0.6) is 5.75 Å². The summed E-state index contributed by atoms with van der Waals surface area (Å²) in [6.45, 7) is 0.370. The van der Waals surface area contributed by atoms with E-state index in [1.54, 1.807) is 18.3 Å². The van der Waals surface area contributed by atoms with Crippen molar-refractivity contribution in [3.05, 3.63) is 52.5 Å². The molecule has 2 aromatic rings. The van der Waals surface area contributed by atoms with Crippen LogP contribution in [0, 0.1) is 0 Å². The van der Waals surface area contributed by atoms with Gasteiger partial charge in [-0.25, -0.2) is 4.98 Å². The van der Waals surface area contributed by atoms with Crippen molar-refractivity contribution in [3.8, 4) is 5.75 Å². The van der Waals surface area contributed by atoms with Crippen molar-refractivity contribution in [3.63, 3.8) is 0 Å². The van der Waals surface area contributed by atoms with Gasteiger partial charge in [-0.2, -0.15) is 0 Å². The normalized spacial score (nSPS) is 9.94. The van der Waals surface area contributed by atoms with Gasteiger partial charge in [0.2, 0.25) is 0 Å². The molecule has 0 aliphatic carbocycles. The Hall–Kier alpha value is -1.75. The van der Waals surface area contributed by atoms with Crippen molar-refractivity contribution in [2.24, 2.45) is 0 Å². The molecular weight excluding hydrogens is 284 g/mol. The maximum Gasteiger partial charge on any atom is 0.168 e. The molecule has 5 heteroatoms. The fourth-order valence-electron chi connectivity index (χ4n) is 1.20. The molecule has 0 amide bonds. The molecule has 4 nitrogen and oxygen atoms in total. The molecule has 0 aliphatic heterocycles. The zero-order chi connectivity index (χ0) is 12.1. The molecule has 0 aromatic carbocycles. The number of hydrogen-bond acceptors (Lipinski definition) is 4. The summed E-state index contributed by atoms with van der Waals surface area (Å²) < 4.78 is 6.40. The van der Waals surface area contributed by atoms with Crippen molar-refractivity contribution in [2.45, 2.75) is 6.61 Å². The highest BCUT2D eigenvalue weighted by atomic mass is 79.9. The standard InChI is InChI=1S/C12H9BrN2O2/c13-9-1-2-11(14-5-9)8-17-12-4-3-10(7-16)15-6-12/h1-7H,8H2. The van der Waals surface area contributed by atoms with E-state index in [1.807, 2.05) is 12.1 Å². The van der Waals surface area contributed by atoms with Crippen LogP contribution in [-0.2, 0) is 6.61 Å². The lowest BCUT2D eigenvalue weighted by atomic mass is 10.3. The summed E-state index contributed by atoms with van der Waals surface area (Å²) in [4.78, 5) is 18.5. The minimum Gasteiger partial charge on any atom is -0.486 e. The maximum absolute atomic E-state index is 10.4. The monoisotopic (exact) mass is 292 g/mol. The lowest BCUT2D eigenvalue weighted by Gasteiger charge is -2.05. The molecule has 17 heavy (non-hydrogen) atoms. The van der Waals surface area contributed by atoms with Crippen molar-refractivity contribution in [1.82, 2.24) is 9.97 Å². The minimum absolute atomic E-state index is 0.370. The predicted octanol–water partition coefficient (Wildman–Crippen LogP) is 2.63. The lowest BCUT2D eigenvalue weighted by molar-refractivity contribution is 0.111. The molecule has 0 fully saturated rings. The third-order valence-electron chi connectivity index (χ3n) is 2.06. The van der Waals surface area contributed by atoms with Gasteiger partial charge in [0.25, 0.3) is 0 Å². The fourth-order valence-corrected chi connectivity index (χ4v) is 1.43. The highest BCUT2D eigenvalue weighted by Crippen LogP contribution is 2.12. The average Bonchev–Trinajstić information content (AvgIpc) is 2.39. The molecule has 0 spiro atoms. The Morgan fingerprint density at radius 1 is 1.18 bits per heavy atom. The fraction of sp³-hybridized carbons (Fsp3) is 0.0833. The number of nitrogens with zero attached hydrogens (tertiary/aromatic N) is 2. The second-order valence-corrected chi connectivity index (χ2v) is 4.21. The molecular formula is C12H9BrN2O2. The van der Waals surface area contributed by atoms with Gasteiger partial charge in [-0.1, -0.05) is 0 Å². The molecule has 0 radical (unpaired) electrons. The Morgan fingerprint density at radius 2 is 2.06 bits per heavy atom. The maximum atomic E-state index is 10.4. The Labute approximate surface area is 107 Å². The Balaban J connectivity index is 1.97. The molecule has 86 valence electrons. The van der Waals surface area contributed by atoms with Crippen LogP contribution in [0.1, 0.15) is 16.2 Å². The first-order valence-corrected chi connectivity index (χ1v) is 5.72. The first-order chi connectivity index (χ1) is 8.28. The zero-order valence-corrected chi connectivity index (χ0v) is 10.4. The smallest absolute Gasteiger partial charge is 0.168 e. The summed E-state index contributed by atoms with van der Waals surface area (Å²) in [6, 6.07) is 7.09. The van der Waals surface area contributed by atoms with Crippen LogP contribution in [0.25, 0.3) is 0 Å². The number of halogens is 1. The van der Waals surface area contributed by atoms with E-state index in [2.05, 4.69) is 25.9 Å². The molecule has 0 saturated heterocycles. The SMILES string of the molecule is O=Cc1ccc(OCc2ccc(Br)cn2)cn1. The quantitative estimate of drug-likeness (QED) is 0.813. The van der Waals surface area contributed by atoms with Gasteiger partial charge in [0.05, 0.1) is 11.9 Å². The molecule has 2 heterocycles. The largest absolute Gasteiger partial charge is 0.486 e. The molecule has 0 aliphatic rings. The van der Waals surface area contributed by atoms with Gasteiger partial charge in [0, 0.05) is 10.7 Å². The Morgan fingerprint density at radius 3 is 2.65 bits per heavy atom. The van der Waals surface area contributed by atoms with Crippen LogP contribution in [0.3, 0.4) is 0 Å². The highest BCUT2D eigenvalue weighted by molar-refractivity contribution is 9.10. The molecule has 0 atom stereocenters. The first kappa shape index (κ1) is 11.7. The highest BCUT2D eigenvalue weighted by Gasteiger charge is 1.98. The summed E-state index contributed by atoms with van der Waals surface area (Å²) in [6.07, 6.45) is 3.93. The van der Waals surface area contributed by atoms with Crippen LogP contribution in [0.4, 0.5) is 0 Å². The number of rotatable bonds is 4. The van der Waals surface area contributed by atoms with Crippen molar-refractivity contribution >= 4 is 22.2 Å². The summed E-state index contributed by atoms with van der Waals surface area (Å²) in [5.41, 5.74) is 1.21. The van der Waals surface area contributed by atoms with Gasteiger partial charge in [-0.3, -0.25) is 9.78 Å². The molecule has 0 saturated carbocycles. The number of aromatic nitrogens is 2. The van der Waals surface area contributed by atoms with Crippen molar-refractivity contribution in [1.29, 1.82) is 0 Å². The Bertz CT molecular complexity index is 497. The molecule has 0 bridgehead atoms. The molecule has 0 unspecified atom stereocenters. The number of pyridine rings is 2. The number of hydrogen-bond donors (Lipinski definition) is 0. The second-order valence-electron chi connectivity index (χ2n) is 3.29. The van der Waals surface area contributed by atoms with Crippen LogP contribution in [0.2, 0.25) is 0 Å². The summed E-state index contributed by atoms with van der Waals surface area (Å²) in [5.74, 6) is 0.611. The van der Waals surface area contributed by atoms with E-state index in [0.29, 0.717) is 24.3 Å². The minimum atomic E-state index is 0.370. The first-order valence-electron chi connectivity index (χ1n) is 4.92. The van der Waals surface area contributed by atoms with E-state index in [9.17, 15) is 4.79 Å². The van der Waals surface area contributed by atoms with E-state index in [0.717, 1.165) is 10.2 Å². The summed E-state index contributed by atoms with van der Waals surface area (Å²) in [7, 11) is 0. The topological polar surface area (TPSA) is 52.1 Å². The predicted molar refractivity (Wildman–Crippen MR) is 65.9 cm³/mol. The van der Waals surface area contributed by atoms with Gasteiger partial charge in [-0.05, 0) is 40.2 Å². The van der Waals surface area contributed by atoms with Crippen LogP contribution in [-0.4, -0.2) is 16.3 Å². The molecule has 2 rings (SSSR count). The Kier molecular flexibility index (Phi) is 3.82. The van der Waals surface area contributed by atoms with Gasteiger partial charge in [0.15, 0.2) is 6.29 Å². The molecule has 2 aromatic heterocycles. The van der Waals surface area contributed by atoms with Gasteiger partial charge in [0.1, 0.15) is 18.1 Å². The van der Waals surface area contributed by atoms with Crippen LogP contribution in [0.15, 0.2) is 41.1 Å². The van der Waals surface area contributed by atoms with E-state index in [4.69, 9.17) is 4.74 Å². The van der Waals surface area contributed by atoms with Crippen molar-refractivity contribution in [2.75, 3.05) is 0 Å². The van der Waals surface area contributed by atoms with Gasteiger partial charge < -0.3 is 4.74 Å². The number of carbonyl (C=O) groups excluding carboxylic acids is 1. The number of ether oxygens (including phenoxy) is 1. The van der Waals surface area contributed by atoms with Gasteiger partial charge >= 0.3 is 0 Å². The van der Waals surface area contributed by atoms with E-state index in [1.165, 1.54) is 6.20 Å². The van der Waals surface area contributed by atoms with Crippen LogP contribution >= 0.6 is 15.9 Å². The van der Waals surface area contributed by atoms with Crippen LogP contribution < -0.4 is 4.74 Å². The number of carbonyl (C=O) groups is 1. The average molecular weight is 293 g/mol. The third kappa shape index (κ3) is 3.35. The summed E-state index contributed by atoms with van der Waals surface area (Å²) in [5, 5.41) is 0. The van der Waals surface area contributed by atoms with E-state index < -0.39 is 0 Å². The zero-order valence-electron chi connectivity index (χ0n) is 8.84. The van der Waals surface area contributed by atoms with Gasteiger partial charge in [-0.15, -0.1) is 0 Å². The summed E-state index contributed by atoms with van der Waals surface area (Å²) >= 11 is 3.31. The number of aldehydes is 1. The third-order valence-corrected chi connectivity index (χ3v) is 2.52. The van der Waals surface area contributed by atoms with E-state index >= 15 is 0 Å². The van der Waals surface area contributed by atoms with E-state index in [-0.39, 0.29) is 0 Å². The lowest BCUT2D eigenvalue weighted by Crippen LogP contribution is -1.98. The second kappa shape index (κ2) is 5.54. The van der Waals surface area contributed by atoms with Crippen molar-refractivity contribution < 1.29 is 9.53 Å². The molecule has 0 N–H and O–H groups in total.